The average molecular weight is 201 g/mol. The van der Waals surface area contributed by atoms with Crippen LogP contribution in [-0.2, 0) is 0 Å². The van der Waals surface area contributed by atoms with E-state index in [1.165, 1.54) is 0 Å². The van der Waals surface area contributed by atoms with Gasteiger partial charge in [0.1, 0.15) is 11.5 Å². The molecule has 1 aliphatic rings. The monoisotopic (exact) mass is 201 g/mol. The molecule has 1 aliphatic carbocycles. The molecule has 0 saturated carbocycles. The summed E-state index contributed by atoms with van der Waals surface area (Å²) < 4.78 is 5.58. The first kappa shape index (κ1) is 9.16. The van der Waals surface area contributed by atoms with Gasteiger partial charge in [0.2, 0.25) is 0 Å². The summed E-state index contributed by atoms with van der Waals surface area (Å²) in [6, 6.07) is 10.5. The lowest BCUT2D eigenvalue weighted by atomic mass is 10.1. The second-order valence-electron chi connectivity index (χ2n) is 2.92. The van der Waals surface area contributed by atoms with Gasteiger partial charge in [-0.2, -0.15) is 0 Å². The van der Waals surface area contributed by atoms with E-state index in [0.29, 0.717) is 5.75 Å². The van der Waals surface area contributed by atoms with Crippen molar-refractivity contribution in [2.75, 3.05) is 0 Å². The lowest BCUT2D eigenvalue weighted by Gasteiger charge is -2.11. The van der Waals surface area contributed by atoms with Gasteiger partial charge >= 0.3 is 0 Å². The SMILES string of the molecule is S=C1CC=CC=C1Oc1[c]cccc1. The van der Waals surface area contributed by atoms with E-state index >= 15 is 0 Å². The minimum absolute atomic E-state index is 0.705. The zero-order valence-electron chi connectivity index (χ0n) is 7.57. The summed E-state index contributed by atoms with van der Waals surface area (Å²) in [5, 5.41) is 0. The molecule has 0 fully saturated rings. The fourth-order valence-electron chi connectivity index (χ4n) is 1.17. The molecular weight excluding hydrogens is 192 g/mol. The number of allylic oxidation sites excluding steroid dienone is 4. The van der Waals surface area contributed by atoms with E-state index in [4.69, 9.17) is 17.0 Å². The Kier molecular flexibility index (Phi) is 2.75. The van der Waals surface area contributed by atoms with Crippen LogP contribution in [0.25, 0.3) is 0 Å². The van der Waals surface area contributed by atoms with Crippen molar-refractivity contribution < 1.29 is 4.74 Å². The molecule has 0 amide bonds. The first-order chi connectivity index (χ1) is 6.86. The average Bonchev–Trinajstić information content (AvgIpc) is 2.23. The molecule has 0 aromatic heterocycles. The molecule has 0 saturated heterocycles. The van der Waals surface area contributed by atoms with Gasteiger partial charge in [-0.1, -0.05) is 42.6 Å². The summed E-state index contributed by atoms with van der Waals surface area (Å²) in [6.45, 7) is 0. The molecule has 0 heterocycles. The molecule has 0 aliphatic heterocycles. The van der Waals surface area contributed by atoms with Gasteiger partial charge in [0, 0.05) is 12.5 Å². The number of benzene rings is 1. The third kappa shape index (κ3) is 2.09. The highest BCUT2D eigenvalue weighted by Gasteiger charge is 2.08. The van der Waals surface area contributed by atoms with Gasteiger partial charge in [-0.05, 0) is 12.1 Å². The third-order valence-electron chi connectivity index (χ3n) is 1.86. The second-order valence-corrected chi connectivity index (χ2v) is 3.41. The fraction of sp³-hybridized carbons (Fsp3) is 0.0833. The van der Waals surface area contributed by atoms with E-state index in [0.717, 1.165) is 17.0 Å². The maximum Gasteiger partial charge on any atom is 0.141 e. The summed E-state index contributed by atoms with van der Waals surface area (Å²) in [4.78, 5) is 0.838. The molecule has 0 atom stereocenters. The molecular formula is C12H9OS. The van der Waals surface area contributed by atoms with Crippen LogP contribution in [0, 0.1) is 6.07 Å². The van der Waals surface area contributed by atoms with Gasteiger partial charge in [-0.15, -0.1) is 0 Å². The van der Waals surface area contributed by atoms with Gasteiger partial charge in [0.05, 0.1) is 4.86 Å². The fourth-order valence-corrected chi connectivity index (χ4v) is 1.38. The number of para-hydroxylation sites is 1. The number of hydrogen-bond donors (Lipinski definition) is 0. The first-order valence-corrected chi connectivity index (χ1v) is 4.82. The Morgan fingerprint density at radius 3 is 3.00 bits per heavy atom. The Balaban J connectivity index is 2.15. The second kappa shape index (κ2) is 4.20. The summed E-state index contributed by atoms with van der Waals surface area (Å²) in [5.74, 6) is 1.46. The van der Waals surface area contributed by atoms with Crippen LogP contribution in [0.2, 0.25) is 0 Å². The normalized spacial score (nSPS) is 15.1. The minimum atomic E-state index is 0.705. The van der Waals surface area contributed by atoms with Crippen molar-refractivity contribution in [1.29, 1.82) is 0 Å². The third-order valence-corrected chi connectivity index (χ3v) is 2.23. The molecule has 0 unspecified atom stereocenters. The van der Waals surface area contributed by atoms with Crippen molar-refractivity contribution >= 4 is 17.1 Å². The Hall–Kier alpha value is -1.41. The smallest absolute Gasteiger partial charge is 0.141 e. The summed E-state index contributed by atoms with van der Waals surface area (Å²) >= 11 is 5.17. The Bertz CT molecular complexity index is 390. The number of hydrogen-bond acceptors (Lipinski definition) is 2. The summed E-state index contributed by atoms with van der Waals surface area (Å²) in [7, 11) is 0. The molecule has 14 heavy (non-hydrogen) atoms. The van der Waals surface area contributed by atoms with Crippen LogP contribution >= 0.6 is 12.2 Å². The first-order valence-electron chi connectivity index (χ1n) is 4.41. The van der Waals surface area contributed by atoms with Gasteiger partial charge in [0.25, 0.3) is 0 Å². The number of ether oxygens (including phenoxy) is 1. The highest BCUT2D eigenvalue weighted by atomic mass is 32.1. The Morgan fingerprint density at radius 1 is 1.36 bits per heavy atom. The molecule has 2 rings (SSSR count). The maximum atomic E-state index is 5.58. The lowest BCUT2D eigenvalue weighted by molar-refractivity contribution is 0.453. The molecule has 1 radical (unpaired) electrons. The van der Waals surface area contributed by atoms with E-state index in [2.05, 4.69) is 6.07 Å². The quantitative estimate of drug-likeness (QED) is 0.680. The molecule has 1 aromatic carbocycles. The zero-order valence-corrected chi connectivity index (χ0v) is 8.38. The Morgan fingerprint density at radius 2 is 2.29 bits per heavy atom. The summed E-state index contributed by atoms with van der Waals surface area (Å²) in [5.41, 5.74) is 0. The highest BCUT2D eigenvalue weighted by molar-refractivity contribution is 7.80. The van der Waals surface area contributed by atoms with Gasteiger partial charge < -0.3 is 4.74 Å². The van der Waals surface area contributed by atoms with Crippen molar-refractivity contribution in [2.45, 2.75) is 6.42 Å². The maximum absolute atomic E-state index is 5.58. The molecule has 1 aromatic rings. The molecule has 0 bridgehead atoms. The van der Waals surface area contributed by atoms with E-state index in [-0.39, 0.29) is 0 Å². The van der Waals surface area contributed by atoms with E-state index in [1.807, 2.05) is 42.5 Å². The van der Waals surface area contributed by atoms with Crippen LogP contribution in [0.15, 0.2) is 48.3 Å². The van der Waals surface area contributed by atoms with E-state index in [9.17, 15) is 0 Å². The highest BCUT2D eigenvalue weighted by Crippen LogP contribution is 2.16. The molecule has 1 nitrogen and oxygen atoms in total. The summed E-state index contributed by atoms with van der Waals surface area (Å²) in [6.07, 6.45) is 6.64. The van der Waals surface area contributed by atoms with E-state index in [1.54, 1.807) is 0 Å². The molecule has 0 N–H and O–H groups in total. The van der Waals surface area contributed by atoms with Crippen molar-refractivity contribution in [3.8, 4) is 5.75 Å². The molecule has 2 heteroatoms. The minimum Gasteiger partial charge on any atom is -0.456 e. The predicted octanol–water partition coefficient (Wildman–Crippen LogP) is 3.08. The van der Waals surface area contributed by atoms with Gasteiger partial charge in [-0.3, -0.25) is 0 Å². The van der Waals surface area contributed by atoms with Gasteiger partial charge in [0.15, 0.2) is 0 Å². The zero-order chi connectivity index (χ0) is 9.80. The Labute approximate surface area is 88.7 Å². The van der Waals surface area contributed by atoms with Crippen LogP contribution in [-0.4, -0.2) is 4.86 Å². The van der Waals surface area contributed by atoms with Crippen LogP contribution in [0.1, 0.15) is 6.42 Å². The van der Waals surface area contributed by atoms with Crippen molar-refractivity contribution in [1.82, 2.24) is 0 Å². The molecule has 69 valence electrons. The van der Waals surface area contributed by atoms with Crippen molar-refractivity contribution in [3.63, 3.8) is 0 Å². The largest absolute Gasteiger partial charge is 0.456 e. The molecule has 0 spiro atoms. The number of rotatable bonds is 2. The van der Waals surface area contributed by atoms with Crippen LogP contribution in [0.4, 0.5) is 0 Å². The van der Waals surface area contributed by atoms with E-state index < -0.39 is 0 Å². The van der Waals surface area contributed by atoms with Crippen molar-refractivity contribution in [3.05, 3.63) is 54.3 Å². The van der Waals surface area contributed by atoms with Gasteiger partial charge in [-0.25, -0.2) is 0 Å². The predicted molar refractivity (Wildman–Crippen MR) is 60.3 cm³/mol. The van der Waals surface area contributed by atoms with Crippen LogP contribution in [0.3, 0.4) is 0 Å². The van der Waals surface area contributed by atoms with Crippen molar-refractivity contribution in [2.24, 2.45) is 0 Å². The van der Waals surface area contributed by atoms with Crippen LogP contribution in [0.5, 0.6) is 5.75 Å². The standard InChI is InChI=1S/C12H9OS/c14-12-9-5-4-8-11(12)13-10-6-2-1-3-7-10/h1-6,8H,9H2. The topological polar surface area (TPSA) is 9.23 Å². The van der Waals surface area contributed by atoms with Crippen LogP contribution < -0.4 is 4.74 Å². The lowest BCUT2D eigenvalue weighted by Crippen LogP contribution is -2.07. The number of thiocarbonyl (C=S) groups is 1.